The topological polar surface area (TPSA) is 80.2 Å². The van der Waals surface area contributed by atoms with Crippen LogP contribution in [0.1, 0.15) is 42.2 Å². The molecule has 0 saturated carbocycles. The zero-order valence-corrected chi connectivity index (χ0v) is 13.3. The molecule has 0 radical (unpaired) electrons. The summed E-state index contributed by atoms with van der Waals surface area (Å²) in [7, 11) is 0. The fourth-order valence-electron chi connectivity index (χ4n) is 3.99. The highest BCUT2D eigenvalue weighted by molar-refractivity contribution is 5.49. The Labute approximate surface area is 134 Å². The number of hydrogen-bond acceptors (Lipinski definition) is 7. The number of nitrogens with zero attached hydrogens (tertiary/aromatic N) is 4. The Hall–Kier alpha value is -1.73. The van der Waals surface area contributed by atoms with E-state index in [1.165, 1.54) is 25.9 Å². The first-order chi connectivity index (χ1) is 11.3. The van der Waals surface area contributed by atoms with Crippen LogP contribution < -0.4 is 5.32 Å². The van der Waals surface area contributed by atoms with Crippen molar-refractivity contribution < 1.29 is 8.94 Å². The highest BCUT2D eigenvalue weighted by atomic mass is 16.5. The van der Waals surface area contributed by atoms with E-state index in [0.29, 0.717) is 29.3 Å². The highest BCUT2D eigenvalue weighted by Crippen LogP contribution is 2.38. The smallest absolute Gasteiger partial charge is 0.280 e. The van der Waals surface area contributed by atoms with Crippen molar-refractivity contribution in [1.82, 2.24) is 25.3 Å². The van der Waals surface area contributed by atoms with E-state index in [-0.39, 0.29) is 0 Å². The Morgan fingerprint density at radius 2 is 2.00 bits per heavy atom. The summed E-state index contributed by atoms with van der Waals surface area (Å²) in [4.78, 5) is 11.8. The zero-order chi connectivity index (χ0) is 15.4. The average Bonchev–Trinajstić information content (AvgIpc) is 3.13. The second-order valence-electron chi connectivity index (χ2n) is 7.01. The minimum atomic E-state index is 0.367. The fraction of sp³-hybridized carbons (Fsp3) is 0.688. The Kier molecular flexibility index (Phi) is 3.06. The van der Waals surface area contributed by atoms with E-state index in [0.717, 1.165) is 37.1 Å². The molecule has 4 saturated heterocycles. The van der Waals surface area contributed by atoms with Crippen molar-refractivity contribution in [3.8, 4) is 11.6 Å². The zero-order valence-electron chi connectivity index (χ0n) is 13.3. The summed E-state index contributed by atoms with van der Waals surface area (Å²) in [5.74, 6) is 4.33. The molecule has 1 atom stereocenters. The molecule has 6 heterocycles. The van der Waals surface area contributed by atoms with E-state index >= 15 is 0 Å². The molecule has 4 fully saturated rings. The van der Waals surface area contributed by atoms with Crippen LogP contribution in [0.5, 0.6) is 0 Å². The van der Waals surface area contributed by atoms with Gasteiger partial charge in [0.05, 0.1) is 5.92 Å². The van der Waals surface area contributed by atoms with Gasteiger partial charge in [-0.1, -0.05) is 5.16 Å². The van der Waals surface area contributed by atoms with Crippen LogP contribution in [0, 0.1) is 12.8 Å². The van der Waals surface area contributed by atoms with Gasteiger partial charge in [-0.15, -0.1) is 0 Å². The quantitative estimate of drug-likeness (QED) is 0.920. The van der Waals surface area contributed by atoms with Crippen LogP contribution in [-0.4, -0.2) is 52.7 Å². The van der Waals surface area contributed by atoms with Crippen molar-refractivity contribution in [2.24, 2.45) is 5.92 Å². The molecule has 23 heavy (non-hydrogen) atoms. The normalized spacial score (nSPS) is 30.6. The van der Waals surface area contributed by atoms with Crippen molar-refractivity contribution in [2.45, 2.75) is 31.6 Å². The van der Waals surface area contributed by atoms with Gasteiger partial charge in [-0.25, -0.2) is 4.98 Å². The van der Waals surface area contributed by atoms with Crippen LogP contribution in [0.3, 0.4) is 0 Å². The van der Waals surface area contributed by atoms with Gasteiger partial charge >= 0.3 is 0 Å². The SMILES string of the molecule is Cc1oc(C2CNC2)nc1-c1nc(C2CN3CCC2CC3)no1. The number of rotatable bonds is 3. The molecule has 2 bridgehead atoms. The van der Waals surface area contributed by atoms with Crippen LogP contribution in [0.4, 0.5) is 0 Å². The van der Waals surface area contributed by atoms with Gasteiger partial charge < -0.3 is 19.2 Å². The predicted molar refractivity (Wildman–Crippen MR) is 82.0 cm³/mol. The van der Waals surface area contributed by atoms with Gasteiger partial charge in [0.25, 0.3) is 5.89 Å². The first-order valence-electron chi connectivity index (χ1n) is 8.52. The van der Waals surface area contributed by atoms with Crippen molar-refractivity contribution in [2.75, 3.05) is 32.7 Å². The average molecular weight is 315 g/mol. The first kappa shape index (κ1) is 13.7. The summed E-state index contributed by atoms with van der Waals surface area (Å²) in [5.41, 5.74) is 0.701. The molecule has 4 aliphatic heterocycles. The molecule has 1 N–H and O–H groups in total. The molecule has 122 valence electrons. The van der Waals surface area contributed by atoms with Gasteiger partial charge in [0.15, 0.2) is 11.5 Å². The Morgan fingerprint density at radius 1 is 1.17 bits per heavy atom. The van der Waals surface area contributed by atoms with Crippen molar-refractivity contribution in [3.05, 3.63) is 17.5 Å². The molecule has 0 aromatic carbocycles. The standard InChI is InChI=1S/C16H21N5O2/c1-9-13(18-15(22-9)11-6-17-7-11)16-19-14(20-23-16)12-8-21-4-2-10(12)3-5-21/h10-12,17H,2-8H2,1H3. The van der Waals surface area contributed by atoms with E-state index < -0.39 is 0 Å². The third-order valence-corrected chi connectivity index (χ3v) is 5.58. The second-order valence-corrected chi connectivity index (χ2v) is 7.01. The van der Waals surface area contributed by atoms with Crippen LogP contribution in [-0.2, 0) is 0 Å². The number of aromatic nitrogens is 3. The number of hydrogen-bond donors (Lipinski definition) is 1. The first-order valence-corrected chi connectivity index (χ1v) is 8.52. The van der Waals surface area contributed by atoms with Crippen LogP contribution in [0.15, 0.2) is 8.94 Å². The molecule has 4 aliphatic rings. The molecule has 7 nitrogen and oxygen atoms in total. The van der Waals surface area contributed by atoms with Crippen LogP contribution in [0.25, 0.3) is 11.6 Å². The molecular formula is C16H21N5O2. The number of fused-ring (bicyclic) bond motifs is 3. The molecule has 0 spiro atoms. The van der Waals surface area contributed by atoms with Gasteiger partial charge in [0, 0.05) is 25.6 Å². The Morgan fingerprint density at radius 3 is 2.65 bits per heavy atom. The lowest BCUT2D eigenvalue weighted by Crippen LogP contribution is -2.46. The molecule has 7 heteroatoms. The maximum Gasteiger partial charge on any atom is 0.280 e. The van der Waals surface area contributed by atoms with Crippen LogP contribution >= 0.6 is 0 Å². The monoisotopic (exact) mass is 315 g/mol. The maximum atomic E-state index is 5.79. The Balaban J connectivity index is 1.42. The molecule has 1 unspecified atom stereocenters. The molecule has 2 aromatic rings. The summed E-state index contributed by atoms with van der Waals surface area (Å²) in [6.45, 7) is 7.25. The lowest BCUT2D eigenvalue weighted by Gasteiger charge is -2.43. The molecule has 0 aliphatic carbocycles. The highest BCUT2D eigenvalue weighted by Gasteiger charge is 2.38. The van der Waals surface area contributed by atoms with Gasteiger partial charge in [-0.3, -0.25) is 0 Å². The molecule has 2 aromatic heterocycles. The van der Waals surface area contributed by atoms with E-state index in [1.54, 1.807) is 0 Å². The third kappa shape index (κ3) is 2.21. The summed E-state index contributed by atoms with van der Waals surface area (Å²) < 4.78 is 11.3. The minimum absolute atomic E-state index is 0.367. The predicted octanol–water partition coefficient (Wildman–Crippen LogP) is 1.53. The summed E-state index contributed by atoms with van der Waals surface area (Å²) >= 11 is 0. The van der Waals surface area contributed by atoms with Crippen molar-refractivity contribution in [1.29, 1.82) is 0 Å². The lowest BCUT2D eigenvalue weighted by atomic mass is 9.79. The Bertz CT molecular complexity index is 712. The van der Waals surface area contributed by atoms with Crippen LogP contribution in [0.2, 0.25) is 0 Å². The third-order valence-electron chi connectivity index (χ3n) is 5.58. The summed E-state index contributed by atoms with van der Waals surface area (Å²) in [6.07, 6.45) is 2.49. The van der Waals surface area contributed by atoms with E-state index in [9.17, 15) is 0 Å². The van der Waals surface area contributed by atoms with E-state index in [2.05, 4.69) is 25.3 Å². The second kappa shape index (κ2) is 5.14. The maximum absolute atomic E-state index is 5.79. The van der Waals surface area contributed by atoms with E-state index in [1.807, 2.05) is 6.92 Å². The summed E-state index contributed by atoms with van der Waals surface area (Å²) in [5, 5.41) is 7.49. The van der Waals surface area contributed by atoms with Gasteiger partial charge in [-0.05, 0) is 38.8 Å². The minimum Gasteiger partial charge on any atom is -0.445 e. The molecular weight excluding hydrogens is 294 g/mol. The number of oxazole rings is 1. The lowest BCUT2D eigenvalue weighted by molar-refractivity contribution is 0.0825. The number of piperidine rings is 3. The summed E-state index contributed by atoms with van der Waals surface area (Å²) in [6, 6.07) is 0. The molecule has 0 amide bonds. The van der Waals surface area contributed by atoms with Gasteiger partial charge in [0.1, 0.15) is 5.76 Å². The molecule has 6 rings (SSSR count). The van der Waals surface area contributed by atoms with Crippen molar-refractivity contribution in [3.63, 3.8) is 0 Å². The number of nitrogens with one attached hydrogen (secondary N) is 1. The van der Waals surface area contributed by atoms with Gasteiger partial charge in [0.2, 0.25) is 5.89 Å². The fourth-order valence-corrected chi connectivity index (χ4v) is 3.99. The number of aryl methyl sites for hydroxylation is 1. The van der Waals surface area contributed by atoms with Crippen molar-refractivity contribution >= 4 is 0 Å². The van der Waals surface area contributed by atoms with E-state index in [4.69, 9.17) is 8.94 Å². The van der Waals surface area contributed by atoms with Gasteiger partial charge in [-0.2, -0.15) is 4.98 Å². The largest absolute Gasteiger partial charge is 0.445 e.